The maximum absolute atomic E-state index is 6.34. The summed E-state index contributed by atoms with van der Waals surface area (Å²) in [4.78, 5) is 8.08. The van der Waals surface area contributed by atoms with Crippen LogP contribution in [-0.2, 0) is 6.42 Å². The lowest BCUT2D eigenvalue weighted by atomic mass is 9.87. The van der Waals surface area contributed by atoms with E-state index < -0.39 is 0 Å². The smallest absolute Gasteiger partial charge is 0.206 e. The van der Waals surface area contributed by atoms with Crippen LogP contribution in [0.2, 0.25) is 25.6 Å². The fraction of sp³-hybridized carbons (Fsp3) is 0.111. The lowest BCUT2D eigenvalue weighted by molar-refractivity contribution is 0.792. The molecule has 3 aromatic rings. The summed E-state index contributed by atoms with van der Waals surface area (Å²) < 4.78 is 0. The lowest BCUT2D eigenvalue weighted by Crippen LogP contribution is -2.09. The van der Waals surface area contributed by atoms with Gasteiger partial charge in [0.15, 0.2) is 0 Å². The van der Waals surface area contributed by atoms with Crippen LogP contribution in [0.5, 0.6) is 0 Å². The predicted molar refractivity (Wildman–Crippen MR) is 106 cm³/mol. The molecule has 1 unspecified atom stereocenters. The second-order valence-corrected chi connectivity index (χ2v) is 7.35. The van der Waals surface area contributed by atoms with Gasteiger partial charge < -0.3 is 0 Å². The highest BCUT2D eigenvalue weighted by Crippen LogP contribution is 2.37. The van der Waals surface area contributed by atoms with Crippen molar-refractivity contribution >= 4 is 58.0 Å². The summed E-state index contributed by atoms with van der Waals surface area (Å²) in [7, 11) is 0. The molecule has 2 aromatic carbocycles. The third-order valence-corrected chi connectivity index (χ3v) is 5.01. The largest absolute Gasteiger partial charge is 0.225 e. The average Bonchev–Trinajstić information content (AvgIpc) is 2.54. The molecule has 0 aliphatic heterocycles. The molecule has 0 radical (unpaired) electrons. The van der Waals surface area contributed by atoms with Crippen LogP contribution in [0.3, 0.4) is 0 Å². The van der Waals surface area contributed by atoms with E-state index in [-0.39, 0.29) is 21.5 Å². The molecule has 7 heteroatoms. The fourth-order valence-corrected chi connectivity index (χ4v) is 3.91. The van der Waals surface area contributed by atoms with Crippen molar-refractivity contribution in [2.45, 2.75) is 12.3 Å². The first-order valence-corrected chi connectivity index (χ1v) is 9.21. The van der Waals surface area contributed by atoms with E-state index in [0.717, 1.165) is 11.1 Å². The molecular weight excluding hydrogens is 421 g/mol. The second-order valence-electron chi connectivity index (χ2n) is 5.43. The summed E-state index contributed by atoms with van der Waals surface area (Å²) >= 11 is 30.6. The average molecular weight is 433 g/mol. The Balaban J connectivity index is 2.10. The molecule has 0 saturated carbocycles. The number of rotatable bonds is 4. The minimum atomic E-state index is -0.173. The zero-order valence-electron chi connectivity index (χ0n) is 12.7. The summed E-state index contributed by atoms with van der Waals surface area (Å²) in [5, 5.41) is 1.78. The van der Waals surface area contributed by atoms with E-state index in [2.05, 4.69) is 9.97 Å². The van der Waals surface area contributed by atoms with Gasteiger partial charge >= 0.3 is 0 Å². The van der Waals surface area contributed by atoms with E-state index in [9.17, 15) is 0 Å². The van der Waals surface area contributed by atoms with E-state index in [1.165, 1.54) is 0 Å². The van der Waals surface area contributed by atoms with E-state index in [1.807, 2.05) is 48.5 Å². The van der Waals surface area contributed by atoms with Crippen molar-refractivity contribution in [1.82, 2.24) is 9.97 Å². The Labute approximate surface area is 170 Å². The maximum Gasteiger partial charge on any atom is 0.225 e. The monoisotopic (exact) mass is 430 g/mol. The molecule has 0 aliphatic rings. The van der Waals surface area contributed by atoms with E-state index >= 15 is 0 Å². The van der Waals surface area contributed by atoms with Crippen molar-refractivity contribution in [2.24, 2.45) is 0 Å². The van der Waals surface area contributed by atoms with Gasteiger partial charge in [0, 0.05) is 21.5 Å². The lowest BCUT2D eigenvalue weighted by Gasteiger charge is -2.20. The molecule has 0 fully saturated rings. The van der Waals surface area contributed by atoms with Crippen molar-refractivity contribution in [3.63, 3.8) is 0 Å². The molecule has 1 heterocycles. The molecular formula is C18H11Cl5N2. The Kier molecular flexibility index (Phi) is 6.08. The quantitative estimate of drug-likeness (QED) is 0.324. The van der Waals surface area contributed by atoms with Gasteiger partial charge in [-0.3, -0.25) is 0 Å². The first-order chi connectivity index (χ1) is 11.9. The van der Waals surface area contributed by atoms with Gasteiger partial charge in [-0.1, -0.05) is 70.7 Å². The number of nitrogens with zero attached hydrogens (tertiary/aromatic N) is 2. The Bertz CT molecular complexity index is 873. The minimum Gasteiger partial charge on any atom is -0.206 e. The summed E-state index contributed by atoms with van der Waals surface area (Å²) in [6, 6.07) is 15.1. The molecule has 0 N–H and O–H groups in total. The van der Waals surface area contributed by atoms with Crippen LogP contribution in [0.15, 0.2) is 48.5 Å². The molecule has 0 saturated heterocycles. The molecule has 0 aliphatic carbocycles. The summed E-state index contributed by atoms with van der Waals surface area (Å²) in [6.07, 6.45) is 0.618. The first-order valence-electron chi connectivity index (χ1n) is 7.32. The Morgan fingerprint density at radius 3 is 2.00 bits per heavy atom. The molecule has 1 aromatic heterocycles. The molecule has 1 atom stereocenters. The topological polar surface area (TPSA) is 25.8 Å². The van der Waals surface area contributed by atoms with E-state index in [0.29, 0.717) is 22.0 Å². The Morgan fingerprint density at radius 2 is 1.40 bits per heavy atom. The zero-order valence-corrected chi connectivity index (χ0v) is 16.5. The van der Waals surface area contributed by atoms with Crippen molar-refractivity contribution in [1.29, 1.82) is 0 Å². The Morgan fingerprint density at radius 1 is 0.760 bits per heavy atom. The number of hydrogen-bond acceptors (Lipinski definition) is 2. The van der Waals surface area contributed by atoms with Gasteiger partial charge in [0.1, 0.15) is 10.3 Å². The van der Waals surface area contributed by atoms with Crippen LogP contribution in [0, 0.1) is 0 Å². The molecule has 0 spiro atoms. The van der Waals surface area contributed by atoms with Crippen LogP contribution < -0.4 is 0 Å². The van der Waals surface area contributed by atoms with Gasteiger partial charge in [0.25, 0.3) is 0 Å². The third kappa shape index (κ3) is 4.58. The van der Waals surface area contributed by atoms with Crippen molar-refractivity contribution < 1.29 is 0 Å². The summed E-state index contributed by atoms with van der Waals surface area (Å²) in [6.45, 7) is 0. The van der Waals surface area contributed by atoms with Crippen LogP contribution in [-0.4, -0.2) is 9.97 Å². The number of benzene rings is 2. The highest BCUT2D eigenvalue weighted by Gasteiger charge is 2.23. The number of halogens is 5. The van der Waals surface area contributed by atoms with Gasteiger partial charge in [0.2, 0.25) is 5.28 Å². The molecule has 0 amide bonds. The highest BCUT2D eigenvalue weighted by atomic mass is 35.5. The standard InChI is InChI=1S/C18H11Cl5N2/c19-12-6-4-11(5-7-12)14(9-10-2-1-3-13(20)8-10)15-16(21)24-18(23)25-17(15)22/h1-8,14H,9H2. The minimum absolute atomic E-state index is 0.0105. The van der Waals surface area contributed by atoms with Crippen molar-refractivity contribution in [2.75, 3.05) is 0 Å². The summed E-state index contributed by atoms with van der Waals surface area (Å²) in [5.74, 6) is -0.173. The SMILES string of the molecule is Clc1ccc(C(Cc2cccc(Cl)c2)c2c(Cl)nc(Cl)nc2Cl)cc1. The maximum atomic E-state index is 6.34. The molecule has 2 nitrogen and oxygen atoms in total. The normalized spacial score (nSPS) is 12.2. The molecule has 25 heavy (non-hydrogen) atoms. The zero-order chi connectivity index (χ0) is 18.0. The number of aromatic nitrogens is 2. The molecule has 3 rings (SSSR count). The highest BCUT2D eigenvalue weighted by molar-refractivity contribution is 6.36. The van der Waals surface area contributed by atoms with E-state index in [4.69, 9.17) is 58.0 Å². The van der Waals surface area contributed by atoms with Crippen molar-refractivity contribution in [3.05, 3.63) is 90.9 Å². The van der Waals surface area contributed by atoms with Crippen LogP contribution in [0.25, 0.3) is 0 Å². The van der Waals surface area contributed by atoms with Gasteiger partial charge in [-0.2, -0.15) is 0 Å². The van der Waals surface area contributed by atoms with Crippen molar-refractivity contribution in [3.8, 4) is 0 Å². The van der Waals surface area contributed by atoms with E-state index in [1.54, 1.807) is 0 Å². The fourth-order valence-electron chi connectivity index (χ4n) is 2.66. The number of hydrogen-bond donors (Lipinski definition) is 0. The summed E-state index contributed by atoms with van der Waals surface area (Å²) in [5.41, 5.74) is 2.64. The van der Waals surface area contributed by atoms with Gasteiger partial charge in [-0.15, -0.1) is 0 Å². The Hall–Kier alpha value is -1.03. The predicted octanol–water partition coefficient (Wildman–Crippen LogP) is 7.12. The molecule has 128 valence electrons. The second kappa shape index (κ2) is 8.11. The van der Waals surface area contributed by atoms with Gasteiger partial charge in [-0.25, -0.2) is 9.97 Å². The van der Waals surface area contributed by atoms with Crippen LogP contribution in [0.4, 0.5) is 0 Å². The van der Waals surface area contributed by atoms with Crippen LogP contribution in [0.1, 0.15) is 22.6 Å². The van der Waals surface area contributed by atoms with Gasteiger partial charge in [-0.05, 0) is 53.4 Å². The van der Waals surface area contributed by atoms with Gasteiger partial charge in [0.05, 0.1) is 0 Å². The van der Waals surface area contributed by atoms with Crippen LogP contribution >= 0.6 is 58.0 Å². The molecule has 0 bridgehead atoms. The third-order valence-electron chi connectivity index (χ3n) is 3.78. The first kappa shape index (κ1) is 18.8.